The van der Waals surface area contributed by atoms with Gasteiger partial charge in [-0.25, -0.2) is 9.78 Å². The largest absolute Gasteiger partial charge is 0.491 e. The maximum Gasteiger partial charge on any atom is 0.329 e. The van der Waals surface area contributed by atoms with Crippen molar-refractivity contribution in [3.8, 4) is 5.75 Å². The van der Waals surface area contributed by atoms with Crippen molar-refractivity contribution < 1.29 is 14.3 Å². The molecule has 2 aliphatic rings. The van der Waals surface area contributed by atoms with Crippen LogP contribution in [0.2, 0.25) is 0 Å². The van der Waals surface area contributed by atoms with Crippen molar-refractivity contribution in [3.05, 3.63) is 18.5 Å². The van der Waals surface area contributed by atoms with Crippen LogP contribution in [0.15, 0.2) is 18.5 Å². The van der Waals surface area contributed by atoms with Crippen molar-refractivity contribution in [3.63, 3.8) is 0 Å². The molecule has 2 aromatic heterocycles. The van der Waals surface area contributed by atoms with Crippen molar-refractivity contribution in [2.24, 2.45) is 0 Å². The third-order valence-corrected chi connectivity index (χ3v) is 4.59. The fourth-order valence-electron chi connectivity index (χ4n) is 3.34. The number of pyridine rings is 1. The Balaban J connectivity index is 1.74. The van der Waals surface area contributed by atoms with Crippen LogP contribution in [0.4, 0.5) is 16.3 Å². The topological polar surface area (TPSA) is 91.2 Å². The zero-order valence-corrected chi connectivity index (χ0v) is 14.0. The highest BCUT2D eigenvalue weighted by Gasteiger charge is 2.28. The lowest BCUT2D eigenvalue weighted by atomic mass is 10.2. The van der Waals surface area contributed by atoms with Crippen molar-refractivity contribution in [2.45, 2.75) is 6.42 Å². The molecule has 0 radical (unpaired) electrons. The summed E-state index contributed by atoms with van der Waals surface area (Å²) in [6, 6.07) is 1.55. The highest BCUT2D eigenvalue weighted by Crippen LogP contribution is 2.34. The number of hydrogen-bond donors (Lipinski definition) is 2. The van der Waals surface area contributed by atoms with Crippen LogP contribution in [0.5, 0.6) is 5.75 Å². The summed E-state index contributed by atoms with van der Waals surface area (Å²) in [5, 5.41) is 5.67. The second kappa shape index (κ2) is 6.25. The van der Waals surface area contributed by atoms with Gasteiger partial charge in [0.1, 0.15) is 5.82 Å². The zero-order valence-electron chi connectivity index (χ0n) is 14.0. The number of hydrogen-bond acceptors (Lipinski definition) is 6. The minimum absolute atomic E-state index is 0.256. The number of piperazine rings is 1. The van der Waals surface area contributed by atoms with E-state index in [9.17, 15) is 9.59 Å². The normalized spacial score (nSPS) is 18.6. The number of amides is 3. The molecule has 2 N–H and O–H groups in total. The molecule has 0 aliphatic carbocycles. The number of anilines is 2. The molecule has 132 valence electrons. The number of rotatable bonds is 3. The number of imidazole rings is 1. The number of fused-ring (bicyclic) bond motifs is 1. The first-order valence-corrected chi connectivity index (χ1v) is 8.30. The standard InChI is InChI=1S/C16H20N6O3/c1-25-14-11(20-8-4-17-5-9-20)2-6-21-13(10-18-15(14)21)22-7-3-12(23)19-16(22)24/h2,6,10,17H,3-5,7-9H2,1H3,(H,19,23,24). The average Bonchev–Trinajstić information content (AvgIpc) is 3.05. The molecular weight excluding hydrogens is 324 g/mol. The molecule has 2 aromatic rings. The van der Waals surface area contributed by atoms with E-state index in [4.69, 9.17) is 4.74 Å². The highest BCUT2D eigenvalue weighted by atomic mass is 16.5. The molecule has 0 spiro atoms. The molecule has 0 unspecified atom stereocenters. The number of imide groups is 1. The Labute approximate surface area is 144 Å². The van der Waals surface area contributed by atoms with Crippen molar-refractivity contribution >= 4 is 29.1 Å². The van der Waals surface area contributed by atoms with Gasteiger partial charge in [-0.1, -0.05) is 0 Å². The maximum absolute atomic E-state index is 12.1. The lowest BCUT2D eigenvalue weighted by Gasteiger charge is -2.31. The van der Waals surface area contributed by atoms with E-state index in [-0.39, 0.29) is 12.3 Å². The van der Waals surface area contributed by atoms with E-state index in [1.165, 1.54) is 4.90 Å². The molecule has 2 fully saturated rings. The van der Waals surface area contributed by atoms with Crippen molar-refractivity contribution in [1.29, 1.82) is 0 Å². The molecule has 2 saturated heterocycles. The predicted octanol–water partition coefficient (Wildman–Crippen LogP) is 0.199. The summed E-state index contributed by atoms with van der Waals surface area (Å²) >= 11 is 0. The van der Waals surface area contributed by atoms with Crippen LogP contribution in [0.25, 0.3) is 5.65 Å². The second-order valence-electron chi connectivity index (χ2n) is 6.04. The number of nitrogens with zero attached hydrogens (tertiary/aromatic N) is 4. The number of carbonyl (C=O) groups excluding carboxylic acids is 2. The van der Waals surface area contributed by atoms with Crippen LogP contribution in [-0.2, 0) is 4.79 Å². The van der Waals surface area contributed by atoms with Gasteiger partial charge in [-0.2, -0.15) is 0 Å². The molecule has 9 heteroatoms. The Morgan fingerprint density at radius 3 is 2.72 bits per heavy atom. The van der Waals surface area contributed by atoms with Gasteiger partial charge >= 0.3 is 6.03 Å². The van der Waals surface area contributed by atoms with Crippen LogP contribution in [0.1, 0.15) is 6.42 Å². The third kappa shape index (κ3) is 2.66. The molecule has 9 nitrogen and oxygen atoms in total. The Kier molecular flexibility index (Phi) is 3.92. The van der Waals surface area contributed by atoms with Crippen LogP contribution < -0.4 is 25.2 Å². The van der Waals surface area contributed by atoms with E-state index in [0.717, 1.165) is 31.9 Å². The molecule has 3 amide bonds. The Hall–Kier alpha value is -2.81. The van der Waals surface area contributed by atoms with Gasteiger partial charge in [-0.15, -0.1) is 0 Å². The quantitative estimate of drug-likeness (QED) is 0.827. The van der Waals surface area contributed by atoms with E-state index in [2.05, 4.69) is 20.5 Å². The molecule has 0 saturated carbocycles. The summed E-state index contributed by atoms with van der Waals surface area (Å²) in [5.41, 5.74) is 1.64. The van der Waals surface area contributed by atoms with Gasteiger partial charge in [0.05, 0.1) is 19.0 Å². The number of ether oxygens (including phenoxy) is 1. The van der Waals surface area contributed by atoms with Gasteiger partial charge in [0.15, 0.2) is 11.4 Å². The molecule has 0 aromatic carbocycles. The van der Waals surface area contributed by atoms with E-state index in [0.29, 0.717) is 23.8 Å². The molecule has 0 bridgehead atoms. The monoisotopic (exact) mass is 344 g/mol. The van der Waals surface area contributed by atoms with Crippen LogP contribution in [0.3, 0.4) is 0 Å². The fourth-order valence-corrected chi connectivity index (χ4v) is 3.34. The number of carbonyl (C=O) groups is 2. The van der Waals surface area contributed by atoms with Gasteiger partial charge in [-0.05, 0) is 6.07 Å². The first kappa shape index (κ1) is 15.7. The van der Waals surface area contributed by atoms with E-state index in [1.807, 2.05) is 16.7 Å². The van der Waals surface area contributed by atoms with Crippen molar-refractivity contribution in [2.75, 3.05) is 49.6 Å². The minimum atomic E-state index is -0.428. The van der Waals surface area contributed by atoms with Gasteiger partial charge in [0, 0.05) is 45.3 Å². The van der Waals surface area contributed by atoms with E-state index < -0.39 is 6.03 Å². The Morgan fingerprint density at radius 1 is 1.20 bits per heavy atom. The summed E-state index contributed by atoms with van der Waals surface area (Å²) in [6.45, 7) is 3.99. The summed E-state index contributed by atoms with van der Waals surface area (Å²) in [5.74, 6) is 1.04. The van der Waals surface area contributed by atoms with Gasteiger partial charge in [0.2, 0.25) is 5.91 Å². The minimum Gasteiger partial charge on any atom is -0.491 e. The Morgan fingerprint density at radius 2 is 2.00 bits per heavy atom. The van der Waals surface area contributed by atoms with E-state index >= 15 is 0 Å². The van der Waals surface area contributed by atoms with Crippen molar-refractivity contribution in [1.82, 2.24) is 20.0 Å². The molecular formula is C16H20N6O3. The van der Waals surface area contributed by atoms with Crippen LogP contribution in [-0.4, -0.2) is 61.2 Å². The average molecular weight is 344 g/mol. The highest BCUT2D eigenvalue weighted by molar-refractivity contribution is 6.05. The number of nitrogens with one attached hydrogen (secondary N) is 2. The lowest BCUT2D eigenvalue weighted by molar-refractivity contribution is -0.120. The summed E-state index contributed by atoms with van der Waals surface area (Å²) < 4.78 is 7.46. The second-order valence-corrected chi connectivity index (χ2v) is 6.04. The number of methoxy groups -OCH3 is 1. The lowest BCUT2D eigenvalue weighted by Crippen LogP contribution is -2.50. The van der Waals surface area contributed by atoms with Gasteiger partial charge < -0.3 is 15.0 Å². The Bertz CT molecular complexity index is 827. The maximum atomic E-state index is 12.1. The number of aromatic nitrogens is 2. The predicted molar refractivity (Wildman–Crippen MR) is 92.3 cm³/mol. The third-order valence-electron chi connectivity index (χ3n) is 4.59. The molecule has 2 aliphatic heterocycles. The van der Waals surface area contributed by atoms with Gasteiger partial charge in [0.25, 0.3) is 0 Å². The summed E-state index contributed by atoms with van der Waals surface area (Å²) in [6.07, 6.45) is 3.80. The zero-order chi connectivity index (χ0) is 17.4. The van der Waals surface area contributed by atoms with Gasteiger partial charge in [-0.3, -0.25) is 19.4 Å². The summed E-state index contributed by atoms with van der Waals surface area (Å²) in [7, 11) is 1.63. The number of urea groups is 1. The first-order valence-electron chi connectivity index (χ1n) is 8.30. The van der Waals surface area contributed by atoms with Crippen LogP contribution in [0, 0.1) is 0 Å². The molecule has 4 rings (SSSR count). The molecule has 25 heavy (non-hydrogen) atoms. The SMILES string of the molecule is COc1c(N2CCNCC2)ccn2c(N3CCC(=O)NC3=O)cnc12. The fraction of sp³-hybridized carbons (Fsp3) is 0.438. The summed E-state index contributed by atoms with van der Waals surface area (Å²) in [4.78, 5) is 31.7. The molecule has 0 atom stereocenters. The first-order chi connectivity index (χ1) is 12.2. The smallest absolute Gasteiger partial charge is 0.329 e. The van der Waals surface area contributed by atoms with E-state index in [1.54, 1.807) is 13.3 Å². The molecule has 4 heterocycles. The van der Waals surface area contributed by atoms with Crippen LogP contribution >= 0.6 is 0 Å².